The summed E-state index contributed by atoms with van der Waals surface area (Å²) in [5.41, 5.74) is 3.48. The normalized spacial score (nSPS) is 14.8. The summed E-state index contributed by atoms with van der Waals surface area (Å²) in [6.45, 7) is 6.05. The van der Waals surface area contributed by atoms with Gasteiger partial charge in [-0.15, -0.1) is 11.3 Å². The van der Waals surface area contributed by atoms with E-state index in [0.29, 0.717) is 11.6 Å². The van der Waals surface area contributed by atoms with Crippen LogP contribution < -0.4 is 10.0 Å². The zero-order valence-corrected chi connectivity index (χ0v) is 21.9. The molecule has 0 aliphatic carbocycles. The van der Waals surface area contributed by atoms with Gasteiger partial charge in [0.25, 0.3) is 16.5 Å². The summed E-state index contributed by atoms with van der Waals surface area (Å²) in [7, 11) is -4.47. The number of aromatic nitrogens is 1. The lowest BCUT2D eigenvalue weighted by Crippen LogP contribution is -2.55. The van der Waals surface area contributed by atoms with Crippen molar-refractivity contribution in [3.8, 4) is 0 Å². The van der Waals surface area contributed by atoms with E-state index in [9.17, 15) is 17.2 Å². The molecule has 0 radical (unpaired) electrons. The van der Waals surface area contributed by atoms with Crippen LogP contribution in [0.25, 0.3) is 0 Å². The smallest absolute Gasteiger partial charge is 0.290 e. The molecule has 1 aromatic heterocycles. The van der Waals surface area contributed by atoms with E-state index in [1.54, 1.807) is 6.07 Å². The molecule has 1 aliphatic heterocycles. The van der Waals surface area contributed by atoms with Crippen molar-refractivity contribution in [3.63, 3.8) is 0 Å². The maximum atomic E-state index is 14.7. The van der Waals surface area contributed by atoms with E-state index in [0.717, 1.165) is 47.6 Å². The predicted molar refractivity (Wildman–Crippen MR) is 136 cm³/mol. The fraction of sp³-hybridized carbons (Fsp3) is 0.304. The van der Waals surface area contributed by atoms with Crippen LogP contribution in [0.5, 0.6) is 0 Å². The number of carboxylic acid groups (broad SMARTS) is 1. The molecule has 4 rings (SSSR count). The first-order valence-electron chi connectivity index (χ1n) is 10.7. The molecule has 1 fully saturated rings. The van der Waals surface area contributed by atoms with Crippen molar-refractivity contribution < 1.29 is 27.1 Å². The molecular weight excluding hydrogens is 534 g/mol. The Morgan fingerprint density at radius 1 is 1.28 bits per heavy atom. The highest BCUT2D eigenvalue weighted by molar-refractivity contribution is 7.92. The Morgan fingerprint density at radius 2 is 1.94 bits per heavy atom. The maximum absolute atomic E-state index is 14.7. The van der Waals surface area contributed by atoms with Gasteiger partial charge in [-0.1, -0.05) is 23.7 Å². The van der Waals surface area contributed by atoms with Crippen LogP contribution in [0, 0.1) is 11.6 Å². The van der Waals surface area contributed by atoms with Crippen molar-refractivity contribution in [2.75, 3.05) is 16.6 Å². The van der Waals surface area contributed by atoms with E-state index in [4.69, 9.17) is 21.5 Å². The molecule has 2 aromatic carbocycles. The number of nitrogens with one attached hydrogen (secondary N) is 2. The van der Waals surface area contributed by atoms with Crippen molar-refractivity contribution >= 4 is 50.9 Å². The Hall–Kier alpha value is -2.80. The Morgan fingerprint density at radius 3 is 2.47 bits per heavy atom. The van der Waals surface area contributed by atoms with E-state index >= 15 is 0 Å². The van der Waals surface area contributed by atoms with Gasteiger partial charge < -0.3 is 10.4 Å². The summed E-state index contributed by atoms with van der Waals surface area (Å²) in [6, 6.07) is 7.53. The zero-order chi connectivity index (χ0) is 26.5. The number of nitrogens with zero attached hydrogens (tertiary/aromatic N) is 2. The second-order valence-corrected chi connectivity index (χ2v) is 11.3. The SMILES string of the molecule is CC1(C)CCN1Cc1cccc(Cl)c1CNc1cc(F)c(S(=O)(=O)Nc2cscn2)c(F)c1.O=CO. The summed E-state index contributed by atoms with van der Waals surface area (Å²) in [5, 5.41) is 11.8. The lowest BCUT2D eigenvalue weighted by molar-refractivity contribution is -0.122. The molecule has 194 valence electrons. The van der Waals surface area contributed by atoms with Crippen LogP contribution in [0.4, 0.5) is 20.3 Å². The number of benzene rings is 2. The highest BCUT2D eigenvalue weighted by atomic mass is 35.5. The molecule has 1 aliphatic rings. The number of rotatable bonds is 8. The van der Waals surface area contributed by atoms with Gasteiger partial charge >= 0.3 is 0 Å². The standard InChI is InChI=1S/C22H23ClF2N4O2S2.CH2O2/c1-22(2)6-7-29(22)11-14-4-3-5-17(23)16(14)10-26-15-8-18(24)21(19(25)9-15)33(30,31)28-20-12-32-13-27-20;2-1-3/h3-5,8-9,12-13,26,28H,6-7,10-11H2,1-2H3;1H,(H,2,3). The van der Waals surface area contributed by atoms with Crippen LogP contribution >= 0.6 is 22.9 Å². The molecule has 3 N–H and O–H groups in total. The van der Waals surface area contributed by atoms with Gasteiger partial charge in [0.2, 0.25) is 0 Å². The number of anilines is 2. The molecule has 8 nitrogen and oxygen atoms in total. The minimum absolute atomic E-state index is 0.00219. The van der Waals surface area contributed by atoms with Gasteiger partial charge in [0, 0.05) is 41.3 Å². The second kappa shape index (κ2) is 11.5. The van der Waals surface area contributed by atoms with Crippen molar-refractivity contribution in [2.45, 2.75) is 43.8 Å². The van der Waals surface area contributed by atoms with Crippen LogP contribution in [0.15, 0.2) is 46.1 Å². The van der Waals surface area contributed by atoms with Crippen molar-refractivity contribution in [2.24, 2.45) is 0 Å². The molecule has 0 spiro atoms. The second-order valence-electron chi connectivity index (χ2n) is 8.57. The molecule has 0 amide bonds. The molecule has 2 heterocycles. The average Bonchev–Trinajstić information content (AvgIpc) is 3.28. The van der Waals surface area contributed by atoms with Gasteiger partial charge in [0.05, 0.1) is 5.51 Å². The van der Waals surface area contributed by atoms with Crippen molar-refractivity contribution in [1.82, 2.24) is 9.88 Å². The fourth-order valence-corrected chi connectivity index (χ4v) is 5.67. The van der Waals surface area contributed by atoms with Gasteiger partial charge in [-0.2, -0.15) is 0 Å². The van der Waals surface area contributed by atoms with Crippen LogP contribution in [0.1, 0.15) is 31.4 Å². The third kappa shape index (κ3) is 6.49. The first-order valence-corrected chi connectivity index (χ1v) is 13.5. The summed E-state index contributed by atoms with van der Waals surface area (Å²) >= 11 is 7.58. The summed E-state index contributed by atoms with van der Waals surface area (Å²) in [6.07, 6.45) is 1.12. The zero-order valence-electron chi connectivity index (χ0n) is 19.5. The number of thiazole rings is 1. The number of hydrogen-bond acceptors (Lipinski definition) is 7. The maximum Gasteiger partial charge on any atom is 0.290 e. The van der Waals surface area contributed by atoms with Gasteiger partial charge in [-0.3, -0.25) is 14.4 Å². The van der Waals surface area contributed by atoms with Gasteiger partial charge in [-0.05, 0) is 49.6 Å². The van der Waals surface area contributed by atoms with Crippen LogP contribution in [0.3, 0.4) is 0 Å². The monoisotopic (exact) mass is 558 g/mol. The van der Waals surface area contributed by atoms with Crippen LogP contribution in [-0.4, -0.2) is 42.0 Å². The molecule has 13 heteroatoms. The number of hydrogen-bond donors (Lipinski definition) is 3. The van der Waals surface area contributed by atoms with E-state index in [2.05, 4.69) is 33.8 Å². The van der Waals surface area contributed by atoms with Crippen LogP contribution in [-0.2, 0) is 27.9 Å². The van der Waals surface area contributed by atoms with Crippen molar-refractivity contribution in [1.29, 1.82) is 0 Å². The molecule has 0 bridgehead atoms. The van der Waals surface area contributed by atoms with E-state index in [1.807, 2.05) is 12.1 Å². The first-order chi connectivity index (χ1) is 17.0. The summed E-state index contributed by atoms with van der Waals surface area (Å²) < 4.78 is 56.3. The Kier molecular flexibility index (Phi) is 8.88. The average molecular weight is 559 g/mol. The van der Waals surface area contributed by atoms with Crippen molar-refractivity contribution in [3.05, 3.63) is 69.0 Å². The highest BCUT2D eigenvalue weighted by Crippen LogP contribution is 2.33. The lowest BCUT2D eigenvalue weighted by Gasteiger charge is -2.48. The van der Waals surface area contributed by atoms with E-state index in [1.165, 1.54) is 10.9 Å². The number of sulfonamides is 1. The third-order valence-electron chi connectivity index (χ3n) is 5.83. The minimum atomic E-state index is -4.47. The van der Waals surface area contributed by atoms with Gasteiger partial charge in [0.15, 0.2) is 10.7 Å². The minimum Gasteiger partial charge on any atom is -0.483 e. The molecule has 0 unspecified atom stereocenters. The van der Waals surface area contributed by atoms with Crippen LogP contribution in [0.2, 0.25) is 5.02 Å². The molecule has 0 atom stereocenters. The number of halogens is 3. The first kappa shape index (κ1) is 27.8. The Labute approximate surface area is 217 Å². The predicted octanol–water partition coefficient (Wildman–Crippen LogP) is 5.17. The topological polar surface area (TPSA) is 112 Å². The number of carbonyl (C=O) groups is 1. The van der Waals surface area contributed by atoms with E-state index in [-0.39, 0.29) is 30.1 Å². The quantitative estimate of drug-likeness (QED) is 0.327. The Bertz CT molecular complexity index is 1300. The molecule has 36 heavy (non-hydrogen) atoms. The fourth-order valence-electron chi connectivity index (χ4n) is 3.73. The summed E-state index contributed by atoms with van der Waals surface area (Å²) in [5.74, 6) is -2.42. The van der Waals surface area contributed by atoms with Gasteiger partial charge in [-0.25, -0.2) is 22.2 Å². The largest absolute Gasteiger partial charge is 0.483 e. The molecule has 3 aromatic rings. The summed E-state index contributed by atoms with van der Waals surface area (Å²) in [4.78, 5) is 13.4. The Balaban J connectivity index is 0.00000115. The number of likely N-dealkylation sites (tertiary alicyclic amines) is 1. The van der Waals surface area contributed by atoms with Gasteiger partial charge in [0.1, 0.15) is 11.6 Å². The molecule has 0 saturated carbocycles. The molecular formula is C23H25ClF2N4O4S2. The lowest BCUT2D eigenvalue weighted by atomic mass is 9.88. The highest BCUT2D eigenvalue weighted by Gasteiger charge is 2.35. The third-order valence-corrected chi connectivity index (χ3v) is 8.18. The van der Waals surface area contributed by atoms with E-state index < -0.39 is 26.6 Å². The molecule has 1 saturated heterocycles.